The molecular weight excluding hydrogens is 272 g/mol. The van der Waals surface area contributed by atoms with E-state index in [0.29, 0.717) is 12.2 Å². The molecule has 3 nitrogen and oxygen atoms in total. The number of phenolic OH excluding ortho intramolecular Hbond substituents is 1. The molecule has 1 rings (SSSR count). The maximum atomic E-state index is 10.5. The number of halogens is 1. The van der Waals surface area contributed by atoms with Crippen LogP contribution in [0.2, 0.25) is 0 Å². The molecule has 4 heteroatoms. The summed E-state index contributed by atoms with van der Waals surface area (Å²) >= 11 is 3.41. The number of methoxy groups -OCH3 is 1. The average Bonchev–Trinajstić information content (AvgIpc) is 2.24. The van der Waals surface area contributed by atoms with Gasteiger partial charge in [0.2, 0.25) is 0 Å². The van der Waals surface area contributed by atoms with Crippen LogP contribution in [-0.4, -0.2) is 18.5 Å². The number of aromatic hydroxyl groups is 1. The predicted molar refractivity (Wildman–Crippen MR) is 66.2 cm³/mol. The molecule has 0 amide bonds. The summed E-state index contributed by atoms with van der Waals surface area (Å²) in [4.78, 5) is 10.5. The Morgan fingerprint density at radius 1 is 1.62 bits per heavy atom. The van der Waals surface area contributed by atoms with Gasteiger partial charge < -0.3 is 14.6 Å². The molecule has 1 aromatic rings. The van der Waals surface area contributed by atoms with Crippen LogP contribution >= 0.6 is 15.9 Å². The molecule has 1 unspecified atom stereocenters. The maximum absolute atomic E-state index is 10.5. The topological polar surface area (TPSA) is 46.5 Å². The van der Waals surface area contributed by atoms with Gasteiger partial charge in [-0.1, -0.05) is 22.9 Å². The van der Waals surface area contributed by atoms with Crippen LogP contribution in [0.25, 0.3) is 0 Å². The molecule has 0 aliphatic heterocycles. The molecule has 0 spiro atoms. The van der Waals surface area contributed by atoms with Crippen molar-refractivity contribution >= 4 is 22.2 Å². The third kappa shape index (κ3) is 2.38. The van der Waals surface area contributed by atoms with Crippen molar-refractivity contribution in [2.75, 3.05) is 7.11 Å². The summed E-state index contributed by atoms with van der Waals surface area (Å²) in [6, 6.07) is 1.83. The molecule has 0 saturated heterocycles. The van der Waals surface area contributed by atoms with Gasteiger partial charge in [-0.15, -0.1) is 0 Å². The monoisotopic (exact) mass is 286 g/mol. The lowest BCUT2D eigenvalue weighted by atomic mass is 9.96. The highest BCUT2D eigenvalue weighted by Gasteiger charge is 2.18. The molecule has 0 aromatic heterocycles. The zero-order valence-corrected chi connectivity index (χ0v) is 11.2. The van der Waals surface area contributed by atoms with Gasteiger partial charge in [-0.25, -0.2) is 0 Å². The number of hydrogen-bond acceptors (Lipinski definition) is 3. The van der Waals surface area contributed by atoms with Crippen molar-refractivity contribution in [3.8, 4) is 11.5 Å². The van der Waals surface area contributed by atoms with Crippen LogP contribution < -0.4 is 4.74 Å². The Morgan fingerprint density at radius 3 is 2.75 bits per heavy atom. The molecule has 0 aliphatic rings. The van der Waals surface area contributed by atoms with Crippen molar-refractivity contribution in [2.24, 2.45) is 0 Å². The number of aldehydes is 1. The molecule has 0 heterocycles. The van der Waals surface area contributed by atoms with E-state index in [1.54, 1.807) is 0 Å². The van der Waals surface area contributed by atoms with Crippen molar-refractivity contribution in [1.29, 1.82) is 0 Å². The number of hydrogen-bond donors (Lipinski definition) is 1. The first-order valence-corrected chi connectivity index (χ1v) is 5.81. The minimum Gasteiger partial charge on any atom is -0.504 e. The van der Waals surface area contributed by atoms with Gasteiger partial charge in [0.15, 0.2) is 11.5 Å². The first kappa shape index (κ1) is 13.0. The fraction of sp³-hybridized carbons (Fsp3) is 0.417. The van der Waals surface area contributed by atoms with E-state index in [4.69, 9.17) is 4.74 Å². The molecule has 1 aromatic carbocycles. The van der Waals surface area contributed by atoms with E-state index in [-0.39, 0.29) is 11.7 Å². The second-order valence-corrected chi connectivity index (χ2v) is 4.61. The summed E-state index contributed by atoms with van der Waals surface area (Å²) in [5, 5.41) is 10.0. The number of rotatable bonds is 4. The first-order chi connectivity index (χ1) is 7.52. The van der Waals surface area contributed by atoms with Crippen molar-refractivity contribution in [1.82, 2.24) is 0 Å². The van der Waals surface area contributed by atoms with Gasteiger partial charge >= 0.3 is 0 Å². The molecule has 1 atom stereocenters. The fourth-order valence-corrected chi connectivity index (χ4v) is 2.05. The standard InChI is InChI=1S/C12H15BrO3/c1-7(4-5-14)9-6-10(13)8(2)12(16-3)11(9)15/h5-7,15H,4H2,1-3H3. The van der Waals surface area contributed by atoms with Crippen molar-refractivity contribution in [2.45, 2.75) is 26.2 Å². The second kappa shape index (κ2) is 5.34. The molecule has 0 radical (unpaired) electrons. The van der Waals surface area contributed by atoms with Gasteiger partial charge in [-0.05, 0) is 18.9 Å². The van der Waals surface area contributed by atoms with Crippen LogP contribution in [0.1, 0.15) is 30.4 Å². The number of benzene rings is 1. The van der Waals surface area contributed by atoms with Crippen molar-refractivity contribution in [3.05, 3.63) is 21.7 Å². The first-order valence-electron chi connectivity index (χ1n) is 5.02. The Kier molecular flexibility index (Phi) is 4.35. The highest BCUT2D eigenvalue weighted by atomic mass is 79.9. The fourth-order valence-electron chi connectivity index (χ4n) is 1.63. The van der Waals surface area contributed by atoms with E-state index >= 15 is 0 Å². The predicted octanol–water partition coefficient (Wildman–Crippen LogP) is 3.16. The lowest BCUT2D eigenvalue weighted by Gasteiger charge is -2.16. The number of carbonyl (C=O) groups is 1. The van der Waals surface area contributed by atoms with Gasteiger partial charge in [0.25, 0.3) is 0 Å². The Bertz CT molecular complexity index is 402. The molecule has 0 bridgehead atoms. The largest absolute Gasteiger partial charge is 0.504 e. The van der Waals surface area contributed by atoms with E-state index in [0.717, 1.165) is 21.9 Å². The average molecular weight is 287 g/mol. The van der Waals surface area contributed by atoms with E-state index in [1.165, 1.54) is 7.11 Å². The summed E-state index contributed by atoms with van der Waals surface area (Å²) in [6.07, 6.45) is 1.23. The van der Waals surface area contributed by atoms with Crippen LogP contribution in [-0.2, 0) is 4.79 Å². The van der Waals surface area contributed by atoms with Gasteiger partial charge in [-0.3, -0.25) is 0 Å². The minimum absolute atomic E-state index is 0.0247. The lowest BCUT2D eigenvalue weighted by molar-refractivity contribution is -0.108. The Labute approximate surface area is 104 Å². The Balaban J connectivity index is 3.30. The zero-order valence-electron chi connectivity index (χ0n) is 9.58. The van der Waals surface area contributed by atoms with Crippen LogP contribution in [0, 0.1) is 6.92 Å². The molecular formula is C12H15BrO3. The quantitative estimate of drug-likeness (QED) is 0.865. The SMILES string of the molecule is COc1c(C)c(Br)cc(C(C)CC=O)c1O. The molecule has 88 valence electrons. The van der Waals surface area contributed by atoms with Crippen LogP contribution in [0.4, 0.5) is 0 Å². The number of phenols is 1. The van der Waals surface area contributed by atoms with Crippen LogP contribution in [0.5, 0.6) is 11.5 Å². The van der Waals surface area contributed by atoms with Gasteiger partial charge in [0.1, 0.15) is 6.29 Å². The normalized spacial score (nSPS) is 12.2. The molecule has 0 fully saturated rings. The van der Waals surface area contributed by atoms with Crippen LogP contribution in [0.3, 0.4) is 0 Å². The molecule has 0 aliphatic carbocycles. The zero-order chi connectivity index (χ0) is 12.3. The Hall–Kier alpha value is -1.03. The molecule has 1 N–H and O–H groups in total. The number of ether oxygens (including phenoxy) is 1. The second-order valence-electron chi connectivity index (χ2n) is 3.76. The third-order valence-corrected chi connectivity index (χ3v) is 3.48. The van der Waals surface area contributed by atoms with Gasteiger partial charge in [0.05, 0.1) is 7.11 Å². The summed E-state index contributed by atoms with van der Waals surface area (Å²) in [7, 11) is 1.52. The van der Waals surface area contributed by atoms with E-state index in [9.17, 15) is 9.90 Å². The Morgan fingerprint density at radius 2 is 2.25 bits per heavy atom. The number of carbonyl (C=O) groups excluding carboxylic acids is 1. The van der Waals surface area contributed by atoms with Crippen molar-refractivity contribution in [3.63, 3.8) is 0 Å². The lowest BCUT2D eigenvalue weighted by Crippen LogP contribution is -1.99. The van der Waals surface area contributed by atoms with Crippen LogP contribution in [0.15, 0.2) is 10.5 Å². The van der Waals surface area contributed by atoms with E-state index in [2.05, 4.69) is 15.9 Å². The minimum atomic E-state index is -0.0247. The third-order valence-electron chi connectivity index (χ3n) is 2.65. The van der Waals surface area contributed by atoms with Gasteiger partial charge in [-0.2, -0.15) is 0 Å². The maximum Gasteiger partial charge on any atom is 0.164 e. The van der Waals surface area contributed by atoms with E-state index < -0.39 is 0 Å². The summed E-state index contributed by atoms with van der Waals surface area (Å²) in [5.74, 6) is 0.558. The highest BCUT2D eigenvalue weighted by Crippen LogP contribution is 2.41. The molecule has 16 heavy (non-hydrogen) atoms. The summed E-state index contributed by atoms with van der Waals surface area (Å²) in [6.45, 7) is 3.75. The summed E-state index contributed by atoms with van der Waals surface area (Å²) in [5.41, 5.74) is 1.57. The van der Waals surface area contributed by atoms with Gasteiger partial charge in [0, 0.05) is 22.0 Å². The molecule has 0 saturated carbocycles. The smallest absolute Gasteiger partial charge is 0.164 e. The highest BCUT2D eigenvalue weighted by molar-refractivity contribution is 9.10. The van der Waals surface area contributed by atoms with E-state index in [1.807, 2.05) is 19.9 Å². The summed E-state index contributed by atoms with van der Waals surface area (Å²) < 4.78 is 6.03. The van der Waals surface area contributed by atoms with Crippen molar-refractivity contribution < 1.29 is 14.6 Å².